The van der Waals surface area contributed by atoms with Crippen LogP contribution in [0.4, 0.5) is 0 Å². The highest BCUT2D eigenvalue weighted by atomic mass is 32.2. The molecule has 0 radical (unpaired) electrons. The monoisotopic (exact) mass is 329 g/mol. The van der Waals surface area contributed by atoms with E-state index in [1.165, 1.54) is 11.6 Å². The van der Waals surface area contributed by atoms with Gasteiger partial charge in [0, 0.05) is 11.6 Å². The second kappa shape index (κ2) is 5.98. The van der Waals surface area contributed by atoms with Crippen molar-refractivity contribution in [3.8, 4) is 0 Å². The number of nitrogens with one attached hydrogen (secondary N) is 1. The van der Waals surface area contributed by atoms with E-state index < -0.39 is 21.2 Å². The highest BCUT2D eigenvalue weighted by Crippen LogP contribution is 2.27. The van der Waals surface area contributed by atoms with Crippen molar-refractivity contribution >= 4 is 37.4 Å². The van der Waals surface area contributed by atoms with Crippen LogP contribution < -0.4 is 5.43 Å². The van der Waals surface area contributed by atoms with Crippen molar-refractivity contribution in [1.29, 1.82) is 0 Å². The molecule has 2 aromatic heterocycles. The number of esters is 1. The number of carbonyl (C=O) groups excluding carboxylic acids is 1. The molecule has 0 aliphatic heterocycles. The highest BCUT2D eigenvalue weighted by molar-refractivity contribution is 7.91. The number of thiophene rings is 1. The van der Waals surface area contributed by atoms with E-state index in [9.17, 15) is 18.0 Å². The first-order valence-electron chi connectivity index (χ1n) is 6.45. The average Bonchev–Trinajstić information content (AvgIpc) is 2.84. The number of fused-ring (bicyclic) bond motifs is 1. The van der Waals surface area contributed by atoms with Gasteiger partial charge in [-0.25, -0.2) is 13.2 Å². The Hall–Kier alpha value is -1.67. The summed E-state index contributed by atoms with van der Waals surface area (Å²) in [4.78, 5) is 26.7. The summed E-state index contributed by atoms with van der Waals surface area (Å²) in [6.07, 6.45) is 1.70. The molecule has 0 spiro atoms. The molecule has 0 saturated carbocycles. The molecule has 6 nitrogen and oxygen atoms in total. The Morgan fingerprint density at radius 3 is 2.71 bits per heavy atom. The van der Waals surface area contributed by atoms with E-state index in [2.05, 4.69) is 4.98 Å². The molecule has 0 saturated heterocycles. The maximum absolute atomic E-state index is 12.2. The summed E-state index contributed by atoms with van der Waals surface area (Å²) in [7, 11) is -3.43. The number of ether oxygens (including phenoxy) is 1. The third-order valence-corrected chi connectivity index (χ3v) is 5.94. The van der Waals surface area contributed by atoms with Gasteiger partial charge in [0.05, 0.1) is 17.9 Å². The van der Waals surface area contributed by atoms with Gasteiger partial charge < -0.3 is 9.72 Å². The van der Waals surface area contributed by atoms with Crippen molar-refractivity contribution in [3.05, 3.63) is 27.4 Å². The lowest BCUT2D eigenvalue weighted by molar-refractivity contribution is 0.0524. The van der Waals surface area contributed by atoms with Gasteiger partial charge in [-0.2, -0.15) is 0 Å². The van der Waals surface area contributed by atoms with Crippen molar-refractivity contribution < 1.29 is 17.9 Å². The van der Waals surface area contributed by atoms with Gasteiger partial charge in [-0.1, -0.05) is 6.92 Å². The fourth-order valence-corrected chi connectivity index (χ4v) is 4.82. The Kier molecular flexibility index (Phi) is 4.48. The number of carbonyl (C=O) groups is 1. The van der Waals surface area contributed by atoms with Crippen LogP contribution in [0.25, 0.3) is 10.2 Å². The van der Waals surface area contributed by atoms with E-state index in [-0.39, 0.29) is 33.0 Å². The van der Waals surface area contributed by atoms with E-state index >= 15 is 0 Å². The average molecular weight is 329 g/mol. The molecule has 0 aromatic carbocycles. The molecule has 0 bridgehead atoms. The molecule has 0 amide bonds. The van der Waals surface area contributed by atoms with Gasteiger partial charge in [-0.3, -0.25) is 4.79 Å². The first-order chi connectivity index (χ1) is 9.92. The zero-order valence-corrected chi connectivity index (χ0v) is 13.3. The summed E-state index contributed by atoms with van der Waals surface area (Å²) in [5.41, 5.74) is -0.373. The third-order valence-electron chi connectivity index (χ3n) is 2.87. The molecule has 21 heavy (non-hydrogen) atoms. The molecule has 0 aliphatic carbocycles. The van der Waals surface area contributed by atoms with Crippen molar-refractivity contribution in [3.63, 3.8) is 0 Å². The van der Waals surface area contributed by atoms with Crippen molar-refractivity contribution in [1.82, 2.24) is 4.98 Å². The Morgan fingerprint density at radius 2 is 2.10 bits per heavy atom. The molecule has 0 fully saturated rings. The lowest BCUT2D eigenvalue weighted by Crippen LogP contribution is -2.17. The van der Waals surface area contributed by atoms with Crippen LogP contribution in [0.3, 0.4) is 0 Å². The zero-order valence-electron chi connectivity index (χ0n) is 11.6. The Bertz CT molecular complexity index is 832. The summed E-state index contributed by atoms with van der Waals surface area (Å²) in [6.45, 7) is 3.58. The van der Waals surface area contributed by atoms with Gasteiger partial charge >= 0.3 is 5.97 Å². The maximum Gasteiger partial charge on any atom is 0.343 e. The maximum atomic E-state index is 12.2. The number of aromatic nitrogens is 1. The largest absolute Gasteiger partial charge is 0.462 e. The van der Waals surface area contributed by atoms with Gasteiger partial charge in [0.25, 0.3) is 0 Å². The van der Waals surface area contributed by atoms with Gasteiger partial charge in [-0.15, -0.1) is 11.3 Å². The Labute approximate surface area is 125 Å². The molecule has 8 heteroatoms. The molecule has 0 unspecified atom stereocenters. The first-order valence-corrected chi connectivity index (χ1v) is 8.98. The predicted molar refractivity (Wildman–Crippen MR) is 80.7 cm³/mol. The highest BCUT2D eigenvalue weighted by Gasteiger charge is 2.22. The van der Waals surface area contributed by atoms with E-state index in [4.69, 9.17) is 4.74 Å². The SMILES string of the molecule is CCCS(=O)(=O)c1csc2c(=O)c(C(=O)OCC)c[nH]c12. The molecule has 2 heterocycles. The van der Waals surface area contributed by atoms with Crippen LogP contribution in [0.15, 0.2) is 21.3 Å². The summed E-state index contributed by atoms with van der Waals surface area (Å²) < 4.78 is 29.3. The third kappa shape index (κ3) is 2.86. The van der Waals surface area contributed by atoms with Crippen LogP contribution in [-0.2, 0) is 14.6 Å². The van der Waals surface area contributed by atoms with Crippen LogP contribution in [-0.4, -0.2) is 31.7 Å². The van der Waals surface area contributed by atoms with E-state index in [0.717, 1.165) is 11.3 Å². The van der Waals surface area contributed by atoms with Crippen LogP contribution in [0.2, 0.25) is 0 Å². The fraction of sp³-hybridized carbons (Fsp3) is 0.385. The predicted octanol–water partition coefficient (Wildman–Crippen LogP) is 1.95. The summed E-state index contributed by atoms with van der Waals surface area (Å²) >= 11 is 1.01. The van der Waals surface area contributed by atoms with Crippen molar-refractivity contribution in [2.24, 2.45) is 0 Å². The van der Waals surface area contributed by atoms with Gasteiger partial charge in [0.1, 0.15) is 15.2 Å². The number of hydrogen-bond acceptors (Lipinski definition) is 6. The summed E-state index contributed by atoms with van der Waals surface area (Å²) in [5, 5.41) is 1.43. The number of sulfone groups is 1. The summed E-state index contributed by atoms with van der Waals surface area (Å²) in [5.74, 6) is -0.701. The minimum atomic E-state index is -3.43. The van der Waals surface area contributed by atoms with Crippen molar-refractivity contribution in [2.45, 2.75) is 25.2 Å². The normalized spacial score (nSPS) is 11.7. The van der Waals surface area contributed by atoms with Crippen LogP contribution in [0.1, 0.15) is 30.6 Å². The van der Waals surface area contributed by atoms with Gasteiger partial charge in [0.2, 0.25) is 5.43 Å². The lowest BCUT2D eigenvalue weighted by Gasteiger charge is -2.03. The molecule has 114 valence electrons. The minimum Gasteiger partial charge on any atom is -0.462 e. The smallest absolute Gasteiger partial charge is 0.343 e. The number of rotatable bonds is 5. The summed E-state index contributed by atoms with van der Waals surface area (Å²) in [6, 6.07) is 0. The zero-order chi connectivity index (χ0) is 15.6. The van der Waals surface area contributed by atoms with Gasteiger partial charge in [-0.05, 0) is 13.3 Å². The second-order valence-corrected chi connectivity index (χ2v) is 7.33. The number of pyridine rings is 1. The number of hydrogen-bond donors (Lipinski definition) is 1. The number of aromatic amines is 1. The van der Waals surface area contributed by atoms with Gasteiger partial charge in [0.15, 0.2) is 9.84 Å². The minimum absolute atomic E-state index is 0.0144. The first kappa shape index (κ1) is 15.7. The second-order valence-electron chi connectivity index (χ2n) is 4.37. The van der Waals surface area contributed by atoms with Crippen molar-refractivity contribution in [2.75, 3.05) is 12.4 Å². The molecule has 1 N–H and O–H groups in total. The quantitative estimate of drug-likeness (QED) is 0.846. The number of H-pyrrole nitrogens is 1. The molecule has 2 aromatic rings. The fourth-order valence-electron chi connectivity index (χ4n) is 1.95. The van der Waals surface area contributed by atoms with Crippen LogP contribution >= 0.6 is 11.3 Å². The lowest BCUT2D eigenvalue weighted by atomic mass is 10.2. The van der Waals surface area contributed by atoms with Crippen LogP contribution in [0.5, 0.6) is 0 Å². The Balaban J connectivity index is 2.61. The molecular formula is C13H15NO5S2. The molecule has 0 atom stereocenters. The van der Waals surface area contributed by atoms with Crippen LogP contribution in [0, 0.1) is 0 Å². The van der Waals surface area contributed by atoms with E-state index in [0.29, 0.717) is 6.42 Å². The Morgan fingerprint density at radius 1 is 1.38 bits per heavy atom. The topological polar surface area (TPSA) is 93.3 Å². The molecular weight excluding hydrogens is 314 g/mol. The molecule has 2 rings (SSSR count). The van der Waals surface area contributed by atoms with E-state index in [1.54, 1.807) is 13.8 Å². The standard InChI is InChI=1S/C13H15NO5S2/c1-3-5-21(17,18)9-7-20-12-10(9)14-6-8(11(12)15)13(16)19-4-2/h6-7H,3-5H2,1-2H3,(H,14,15). The van der Waals surface area contributed by atoms with E-state index in [1.807, 2.05) is 0 Å². The molecule has 0 aliphatic rings.